The van der Waals surface area contributed by atoms with Crippen molar-refractivity contribution < 1.29 is 23.9 Å². The molecule has 0 spiro atoms. The van der Waals surface area contributed by atoms with Crippen molar-refractivity contribution in [2.75, 3.05) is 26.2 Å². The second kappa shape index (κ2) is 18.8. The smallest absolute Gasteiger partial charge is 0.245 e. The largest absolute Gasteiger partial charge is 0.374 e. The van der Waals surface area contributed by atoms with Gasteiger partial charge in [-0.05, 0) is 67.3 Å². The van der Waals surface area contributed by atoms with Crippen molar-refractivity contribution >= 4 is 34.5 Å². The number of amides is 4. The number of rotatable bonds is 17. The maximum absolute atomic E-state index is 14.2. The highest BCUT2D eigenvalue weighted by molar-refractivity contribution is 5.94. The number of piperidine rings is 1. The first-order chi connectivity index (χ1) is 24.8. The summed E-state index contributed by atoms with van der Waals surface area (Å²) in [6, 6.07) is 24.9. The van der Waals surface area contributed by atoms with Crippen molar-refractivity contribution in [1.29, 1.82) is 0 Å². The molecule has 2 heterocycles. The van der Waals surface area contributed by atoms with Crippen LogP contribution in [0.5, 0.6) is 0 Å². The minimum atomic E-state index is -1.02. The standard InChI is InChI=1S/C40H50N6O5/c1-28(47)43-37(27-51-26-29-12-4-2-5-13-29)39(49)44-35(18-10-11-21-41)38(48)45-36(24-32-25-42-34-17-9-8-16-33(32)34)40(50)46-22-19-31(20-23-46)30-14-6-3-7-15-30/h2-9,12-17,25,31,35-37,42H,10-11,18-24,26-27,41H2,1H3,(H,43,47)(H,44,49)(H,45,48)/t35-,36+,37-/m0/s1. The number of nitrogens with zero attached hydrogens (tertiary/aromatic N) is 1. The third kappa shape index (κ3) is 10.7. The molecule has 5 rings (SSSR count). The highest BCUT2D eigenvalue weighted by atomic mass is 16.5. The molecule has 0 unspecified atom stereocenters. The molecule has 1 aliphatic rings. The van der Waals surface area contributed by atoms with E-state index in [2.05, 4.69) is 33.1 Å². The van der Waals surface area contributed by atoms with Gasteiger partial charge in [-0.1, -0.05) is 78.9 Å². The van der Waals surface area contributed by atoms with Crippen molar-refractivity contribution in [3.63, 3.8) is 0 Å². The monoisotopic (exact) mass is 694 g/mol. The molecule has 0 saturated carbocycles. The van der Waals surface area contributed by atoms with Gasteiger partial charge in [0.25, 0.3) is 0 Å². The molecule has 0 bridgehead atoms. The van der Waals surface area contributed by atoms with Gasteiger partial charge in [-0.3, -0.25) is 19.2 Å². The lowest BCUT2D eigenvalue weighted by molar-refractivity contribution is -0.138. The Morgan fingerprint density at radius 2 is 1.47 bits per heavy atom. The minimum absolute atomic E-state index is 0.0853. The van der Waals surface area contributed by atoms with E-state index in [1.54, 1.807) is 0 Å². The van der Waals surface area contributed by atoms with Crippen LogP contribution in [0.4, 0.5) is 0 Å². The molecular formula is C40H50N6O5. The quantitative estimate of drug-likeness (QED) is 0.105. The molecule has 1 fully saturated rings. The molecular weight excluding hydrogens is 644 g/mol. The van der Waals surface area contributed by atoms with E-state index in [1.165, 1.54) is 12.5 Å². The first-order valence-corrected chi connectivity index (χ1v) is 17.9. The van der Waals surface area contributed by atoms with Crippen LogP contribution in [0.1, 0.15) is 61.6 Å². The van der Waals surface area contributed by atoms with Crippen LogP contribution in [0.3, 0.4) is 0 Å². The molecule has 1 saturated heterocycles. The van der Waals surface area contributed by atoms with Gasteiger partial charge in [0.2, 0.25) is 23.6 Å². The molecule has 51 heavy (non-hydrogen) atoms. The van der Waals surface area contributed by atoms with E-state index >= 15 is 0 Å². The molecule has 6 N–H and O–H groups in total. The first kappa shape index (κ1) is 37.3. The van der Waals surface area contributed by atoms with Gasteiger partial charge in [0.1, 0.15) is 18.1 Å². The maximum Gasteiger partial charge on any atom is 0.245 e. The molecule has 1 aliphatic heterocycles. The number of H-pyrrole nitrogens is 1. The number of carbonyl (C=O) groups excluding carboxylic acids is 4. The average Bonchev–Trinajstić information content (AvgIpc) is 3.56. The van der Waals surface area contributed by atoms with Gasteiger partial charge in [0, 0.05) is 43.5 Å². The Morgan fingerprint density at radius 1 is 0.824 bits per heavy atom. The molecule has 11 heteroatoms. The second-order valence-corrected chi connectivity index (χ2v) is 13.2. The maximum atomic E-state index is 14.2. The lowest BCUT2D eigenvalue weighted by Gasteiger charge is -2.35. The van der Waals surface area contributed by atoms with Crippen LogP contribution in [0.25, 0.3) is 10.9 Å². The molecule has 4 amide bonds. The predicted molar refractivity (Wildman–Crippen MR) is 197 cm³/mol. The number of aromatic amines is 1. The van der Waals surface area contributed by atoms with E-state index in [0.29, 0.717) is 44.8 Å². The highest BCUT2D eigenvalue weighted by Crippen LogP contribution is 2.28. The predicted octanol–water partition coefficient (Wildman–Crippen LogP) is 3.94. The summed E-state index contributed by atoms with van der Waals surface area (Å²) in [5.41, 5.74) is 9.81. The normalized spacial score (nSPS) is 15.1. The summed E-state index contributed by atoms with van der Waals surface area (Å²) >= 11 is 0. The number of hydrogen-bond acceptors (Lipinski definition) is 6. The Labute approximate surface area is 299 Å². The highest BCUT2D eigenvalue weighted by Gasteiger charge is 2.33. The first-order valence-electron chi connectivity index (χ1n) is 17.9. The third-order valence-corrected chi connectivity index (χ3v) is 9.46. The molecule has 1 aromatic heterocycles. The summed E-state index contributed by atoms with van der Waals surface area (Å²) in [6.07, 6.45) is 5.37. The van der Waals surface area contributed by atoms with Crippen LogP contribution in [-0.2, 0) is 36.9 Å². The molecule has 3 atom stereocenters. The topological polar surface area (TPSA) is 159 Å². The molecule has 0 aliphatic carbocycles. The number of benzene rings is 3. The summed E-state index contributed by atoms with van der Waals surface area (Å²) in [5.74, 6) is -1.20. The minimum Gasteiger partial charge on any atom is -0.374 e. The Bertz CT molecular complexity index is 1720. The number of nitrogens with two attached hydrogens (primary N) is 1. The van der Waals surface area contributed by atoms with Crippen LogP contribution in [0.2, 0.25) is 0 Å². The number of carbonyl (C=O) groups is 4. The van der Waals surface area contributed by atoms with Gasteiger partial charge in [-0.2, -0.15) is 0 Å². The zero-order chi connectivity index (χ0) is 36.0. The third-order valence-electron chi connectivity index (χ3n) is 9.46. The number of aromatic nitrogens is 1. The van der Waals surface area contributed by atoms with E-state index in [0.717, 1.165) is 34.9 Å². The fourth-order valence-electron chi connectivity index (χ4n) is 6.70. The number of likely N-dealkylation sites (tertiary alicyclic amines) is 1. The lowest BCUT2D eigenvalue weighted by atomic mass is 9.89. The van der Waals surface area contributed by atoms with Crippen LogP contribution >= 0.6 is 0 Å². The fraction of sp³-hybridized carbons (Fsp3) is 0.400. The van der Waals surface area contributed by atoms with Gasteiger partial charge < -0.3 is 36.3 Å². The number of hydrogen-bond donors (Lipinski definition) is 5. The number of para-hydroxylation sites is 1. The van der Waals surface area contributed by atoms with Crippen molar-refractivity contribution in [2.45, 2.75) is 76.1 Å². The zero-order valence-corrected chi connectivity index (χ0v) is 29.3. The Kier molecular flexibility index (Phi) is 13.8. The SMILES string of the molecule is CC(=O)N[C@@H](COCc1ccccc1)C(=O)N[C@@H](CCCCN)C(=O)N[C@H](Cc1c[nH]c2ccccc12)C(=O)N1CCC(c2ccccc2)CC1. The van der Waals surface area contributed by atoms with Crippen molar-refractivity contribution in [3.05, 3.63) is 108 Å². The van der Waals surface area contributed by atoms with Crippen LogP contribution in [0, 0.1) is 0 Å². The van der Waals surface area contributed by atoms with E-state index in [-0.39, 0.29) is 25.5 Å². The van der Waals surface area contributed by atoms with E-state index < -0.39 is 35.8 Å². The van der Waals surface area contributed by atoms with Crippen molar-refractivity contribution in [2.24, 2.45) is 5.73 Å². The Morgan fingerprint density at radius 3 is 2.18 bits per heavy atom. The van der Waals surface area contributed by atoms with Gasteiger partial charge in [0.05, 0.1) is 13.2 Å². The fourth-order valence-corrected chi connectivity index (χ4v) is 6.70. The van der Waals surface area contributed by atoms with Gasteiger partial charge >= 0.3 is 0 Å². The van der Waals surface area contributed by atoms with E-state index in [9.17, 15) is 19.2 Å². The molecule has 4 aromatic rings. The van der Waals surface area contributed by atoms with Crippen LogP contribution in [-0.4, -0.2) is 77.9 Å². The zero-order valence-electron chi connectivity index (χ0n) is 29.3. The van der Waals surface area contributed by atoms with Gasteiger partial charge in [-0.25, -0.2) is 0 Å². The van der Waals surface area contributed by atoms with E-state index in [1.807, 2.05) is 83.9 Å². The number of unbranched alkanes of at least 4 members (excludes halogenated alkanes) is 1. The number of nitrogens with one attached hydrogen (secondary N) is 4. The molecule has 11 nitrogen and oxygen atoms in total. The summed E-state index contributed by atoms with van der Waals surface area (Å²) in [5, 5.41) is 9.51. The summed E-state index contributed by atoms with van der Waals surface area (Å²) in [7, 11) is 0. The van der Waals surface area contributed by atoms with Crippen molar-refractivity contribution in [1.82, 2.24) is 25.8 Å². The summed E-state index contributed by atoms with van der Waals surface area (Å²) in [4.78, 5) is 59.1. The van der Waals surface area contributed by atoms with Gasteiger partial charge in [-0.15, -0.1) is 0 Å². The van der Waals surface area contributed by atoms with Crippen LogP contribution in [0.15, 0.2) is 91.1 Å². The van der Waals surface area contributed by atoms with E-state index in [4.69, 9.17) is 10.5 Å². The summed E-state index contributed by atoms with van der Waals surface area (Å²) < 4.78 is 5.79. The lowest BCUT2D eigenvalue weighted by Crippen LogP contribution is -2.58. The van der Waals surface area contributed by atoms with Crippen LogP contribution < -0.4 is 21.7 Å². The second-order valence-electron chi connectivity index (χ2n) is 13.2. The molecule has 3 aromatic carbocycles. The molecule has 0 radical (unpaired) electrons. The number of fused-ring (bicyclic) bond motifs is 1. The van der Waals surface area contributed by atoms with Gasteiger partial charge in [0.15, 0.2) is 0 Å². The summed E-state index contributed by atoms with van der Waals surface area (Å²) in [6.45, 7) is 3.09. The Hall–Kier alpha value is -5.00. The number of ether oxygens (including phenoxy) is 1. The Balaban J connectivity index is 1.31. The average molecular weight is 695 g/mol. The van der Waals surface area contributed by atoms with Crippen molar-refractivity contribution in [3.8, 4) is 0 Å². The molecule has 270 valence electrons.